The fourth-order valence-corrected chi connectivity index (χ4v) is 2.50. The predicted molar refractivity (Wildman–Crippen MR) is 79.8 cm³/mol. The maximum atomic E-state index is 6.10. The normalized spacial score (nSPS) is 12.4. The van der Waals surface area contributed by atoms with Crippen molar-refractivity contribution in [3.8, 4) is 5.75 Å². The molecule has 1 unspecified atom stereocenters. The van der Waals surface area contributed by atoms with Gasteiger partial charge in [-0.25, -0.2) is 5.43 Å². The van der Waals surface area contributed by atoms with E-state index >= 15 is 0 Å². The highest BCUT2D eigenvalue weighted by molar-refractivity contribution is 6.30. The number of aromatic nitrogens is 2. The monoisotopic (exact) mass is 294 g/mol. The molecule has 0 fully saturated rings. The molecule has 0 bridgehead atoms. The Morgan fingerprint density at radius 1 is 1.50 bits per heavy atom. The third-order valence-corrected chi connectivity index (χ3v) is 3.59. The minimum Gasteiger partial charge on any atom is -0.493 e. The molecule has 20 heavy (non-hydrogen) atoms. The molecule has 0 saturated carbocycles. The fourth-order valence-electron chi connectivity index (χ4n) is 2.32. The first-order valence-electron chi connectivity index (χ1n) is 6.44. The zero-order valence-corrected chi connectivity index (χ0v) is 12.6. The van der Waals surface area contributed by atoms with Gasteiger partial charge >= 0.3 is 0 Å². The lowest BCUT2D eigenvalue weighted by molar-refractivity contribution is 0.399. The number of ether oxygens (including phenoxy) is 1. The van der Waals surface area contributed by atoms with E-state index in [9.17, 15) is 0 Å². The number of hydrogen-bond acceptors (Lipinski definition) is 4. The van der Waals surface area contributed by atoms with Crippen LogP contribution in [-0.4, -0.2) is 16.9 Å². The van der Waals surface area contributed by atoms with Gasteiger partial charge in [-0.15, -0.1) is 0 Å². The standard InChI is InChI=1S/C14H19ClN4O/c1-4-19-14(12(20-3)8-17-19)13(18-16)11-7-10(15)6-5-9(11)2/h5-8,13,18H,4,16H2,1-3H3. The van der Waals surface area contributed by atoms with Crippen molar-refractivity contribution in [2.45, 2.75) is 26.4 Å². The van der Waals surface area contributed by atoms with Crippen LogP contribution in [0.5, 0.6) is 5.75 Å². The third kappa shape index (κ3) is 2.65. The summed E-state index contributed by atoms with van der Waals surface area (Å²) in [5, 5.41) is 4.99. The van der Waals surface area contributed by atoms with Crippen LogP contribution < -0.4 is 16.0 Å². The summed E-state index contributed by atoms with van der Waals surface area (Å²) in [7, 11) is 1.62. The van der Waals surface area contributed by atoms with Crippen molar-refractivity contribution in [3.05, 3.63) is 46.2 Å². The van der Waals surface area contributed by atoms with Gasteiger partial charge in [-0.1, -0.05) is 17.7 Å². The highest BCUT2D eigenvalue weighted by atomic mass is 35.5. The van der Waals surface area contributed by atoms with Gasteiger partial charge in [0.15, 0.2) is 5.75 Å². The molecule has 6 heteroatoms. The van der Waals surface area contributed by atoms with Crippen molar-refractivity contribution >= 4 is 11.6 Å². The number of rotatable bonds is 5. The molecule has 0 aliphatic heterocycles. The number of methoxy groups -OCH3 is 1. The second-order valence-corrected chi connectivity index (χ2v) is 4.95. The minimum absolute atomic E-state index is 0.230. The van der Waals surface area contributed by atoms with Crippen molar-refractivity contribution < 1.29 is 4.74 Å². The molecule has 2 rings (SSSR count). The molecule has 2 aromatic rings. The number of nitrogens with one attached hydrogen (secondary N) is 1. The van der Waals surface area contributed by atoms with Gasteiger partial charge in [-0.3, -0.25) is 10.5 Å². The summed E-state index contributed by atoms with van der Waals surface area (Å²) in [6, 6.07) is 5.52. The van der Waals surface area contributed by atoms with Gasteiger partial charge < -0.3 is 4.74 Å². The summed E-state index contributed by atoms with van der Waals surface area (Å²) in [4.78, 5) is 0. The molecule has 1 atom stereocenters. The molecule has 1 aromatic heterocycles. The van der Waals surface area contributed by atoms with Crippen molar-refractivity contribution in [2.24, 2.45) is 5.84 Å². The summed E-state index contributed by atoms with van der Waals surface area (Å²) in [6.07, 6.45) is 1.70. The van der Waals surface area contributed by atoms with Crippen molar-refractivity contribution in [1.29, 1.82) is 0 Å². The van der Waals surface area contributed by atoms with E-state index in [1.54, 1.807) is 13.3 Å². The summed E-state index contributed by atoms with van der Waals surface area (Å²) in [5.41, 5.74) is 5.84. The van der Waals surface area contributed by atoms with Crippen LogP contribution in [0, 0.1) is 6.92 Å². The zero-order chi connectivity index (χ0) is 14.7. The molecule has 0 aliphatic rings. The summed E-state index contributed by atoms with van der Waals surface area (Å²) < 4.78 is 7.26. The number of hydrazine groups is 1. The van der Waals surface area contributed by atoms with Gasteiger partial charge in [0, 0.05) is 11.6 Å². The molecular formula is C14H19ClN4O. The highest BCUT2D eigenvalue weighted by Crippen LogP contribution is 2.32. The Bertz CT molecular complexity index is 575. The van der Waals surface area contributed by atoms with Crippen LogP contribution in [0.4, 0.5) is 0 Å². The van der Waals surface area contributed by atoms with Crippen LogP contribution in [0.1, 0.15) is 29.8 Å². The SMILES string of the molecule is CCn1ncc(OC)c1C(NN)c1cc(Cl)ccc1C. The summed E-state index contributed by atoms with van der Waals surface area (Å²) in [6.45, 7) is 4.78. The third-order valence-electron chi connectivity index (χ3n) is 3.36. The van der Waals surface area contributed by atoms with Crippen molar-refractivity contribution in [2.75, 3.05) is 7.11 Å². The molecule has 1 aromatic carbocycles. The second-order valence-electron chi connectivity index (χ2n) is 4.51. The molecule has 0 amide bonds. The largest absolute Gasteiger partial charge is 0.493 e. The van der Waals surface area contributed by atoms with Gasteiger partial charge in [-0.2, -0.15) is 5.10 Å². The van der Waals surface area contributed by atoms with E-state index in [0.717, 1.165) is 23.4 Å². The highest BCUT2D eigenvalue weighted by Gasteiger charge is 2.23. The molecular weight excluding hydrogens is 276 g/mol. The van der Waals surface area contributed by atoms with Gasteiger partial charge in [0.25, 0.3) is 0 Å². The van der Waals surface area contributed by atoms with E-state index in [1.807, 2.05) is 36.7 Å². The molecule has 5 nitrogen and oxygen atoms in total. The molecule has 108 valence electrons. The average Bonchev–Trinajstić information content (AvgIpc) is 2.86. The first kappa shape index (κ1) is 14.8. The molecule has 0 radical (unpaired) electrons. The molecule has 3 N–H and O–H groups in total. The van der Waals surface area contributed by atoms with E-state index in [1.165, 1.54) is 0 Å². The maximum absolute atomic E-state index is 6.10. The number of halogens is 1. The van der Waals surface area contributed by atoms with Crippen LogP contribution in [0.3, 0.4) is 0 Å². The van der Waals surface area contributed by atoms with Gasteiger partial charge in [0.2, 0.25) is 0 Å². The second kappa shape index (κ2) is 6.26. The van der Waals surface area contributed by atoms with Crippen LogP contribution >= 0.6 is 11.6 Å². The molecule has 0 saturated heterocycles. The van der Waals surface area contributed by atoms with E-state index in [2.05, 4.69) is 10.5 Å². The lowest BCUT2D eigenvalue weighted by Gasteiger charge is -2.21. The molecule has 1 heterocycles. The number of hydrogen-bond donors (Lipinski definition) is 2. The Balaban J connectivity index is 2.57. The topological polar surface area (TPSA) is 65.1 Å². The average molecular weight is 295 g/mol. The zero-order valence-electron chi connectivity index (χ0n) is 11.9. The van der Waals surface area contributed by atoms with Gasteiger partial charge in [0.1, 0.15) is 5.69 Å². The van der Waals surface area contributed by atoms with Crippen LogP contribution in [-0.2, 0) is 6.54 Å². The first-order chi connectivity index (χ1) is 9.62. The smallest absolute Gasteiger partial charge is 0.161 e. The molecule has 0 aliphatic carbocycles. The van der Waals surface area contributed by atoms with E-state index in [-0.39, 0.29) is 6.04 Å². The quantitative estimate of drug-likeness (QED) is 0.656. The number of nitrogens with two attached hydrogens (primary N) is 1. The number of nitrogens with zero attached hydrogens (tertiary/aromatic N) is 2. The minimum atomic E-state index is -0.230. The predicted octanol–water partition coefficient (Wildman–Crippen LogP) is 2.43. The van der Waals surface area contributed by atoms with Crippen molar-refractivity contribution in [3.63, 3.8) is 0 Å². The molecule has 0 spiro atoms. The van der Waals surface area contributed by atoms with Crippen LogP contribution in [0.25, 0.3) is 0 Å². The Hall–Kier alpha value is -1.56. The van der Waals surface area contributed by atoms with E-state index < -0.39 is 0 Å². The Labute approximate surface area is 123 Å². The fraction of sp³-hybridized carbons (Fsp3) is 0.357. The van der Waals surface area contributed by atoms with Crippen LogP contribution in [0.15, 0.2) is 24.4 Å². The number of benzene rings is 1. The lowest BCUT2D eigenvalue weighted by atomic mass is 9.98. The Kier molecular flexibility index (Phi) is 4.65. The summed E-state index contributed by atoms with van der Waals surface area (Å²) >= 11 is 6.10. The Morgan fingerprint density at radius 2 is 2.25 bits per heavy atom. The Morgan fingerprint density at radius 3 is 2.85 bits per heavy atom. The maximum Gasteiger partial charge on any atom is 0.161 e. The number of aryl methyl sites for hydroxylation is 2. The van der Waals surface area contributed by atoms with Gasteiger partial charge in [-0.05, 0) is 37.1 Å². The lowest BCUT2D eigenvalue weighted by Crippen LogP contribution is -2.31. The summed E-state index contributed by atoms with van der Waals surface area (Å²) in [5.74, 6) is 6.48. The van der Waals surface area contributed by atoms with Gasteiger partial charge in [0.05, 0.1) is 19.3 Å². The first-order valence-corrected chi connectivity index (χ1v) is 6.82. The van der Waals surface area contributed by atoms with Crippen molar-refractivity contribution in [1.82, 2.24) is 15.2 Å². The van der Waals surface area contributed by atoms with E-state index in [0.29, 0.717) is 10.8 Å². The van der Waals surface area contributed by atoms with Crippen LogP contribution in [0.2, 0.25) is 5.02 Å². The van der Waals surface area contributed by atoms with E-state index in [4.69, 9.17) is 22.2 Å².